The van der Waals surface area contributed by atoms with Crippen molar-refractivity contribution in [3.63, 3.8) is 0 Å². The molecule has 226 valence electrons. The first-order valence-electron chi connectivity index (χ1n) is 13.0. The molecule has 0 bridgehead atoms. The highest BCUT2D eigenvalue weighted by Gasteiger charge is 2.41. The summed E-state index contributed by atoms with van der Waals surface area (Å²) in [6, 6.07) is 0.605. The molecule has 0 spiro atoms. The molecule has 2 aromatic carbocycles. The minimum absolute atomic E-state index is 0.0104. The summed E-state index contributed by atoms with van der Waals surface area (Å²) >= 11 is 0.968. The van der Waals surface area contributed by atoms with Crippen LogP contribution in [-0.2, 0) is 15.7 Å². The second kappa shape index (κ2) is 10.5. The molecule has 4 aromatic rings. The van der Waals surface area contributed by atoms with Gasteiger partial charge in [-0.05, 0) is 12.1 Å². The highest BCUT2D eigenvalue weighted by atomic mass is 32.2. The first kappa shape index (κ1) is 28.9. The lowest BCUT2D eigenvalue weighted by Gasteiger charge is -2.36. The minimum atomic E-state index is -5.04. The van der Waals surface area contributed by atoms with Gasteiger partial charge in [-0.25, -0.2) is 18.4 Å². The smallest absolute Gasteiger partial charge is 0.383 e. The zero-order chi connectivity index (χ0) is 30.8. The standard InChI is InChI=1S/C27H23F5N6O4S/c1-3-17(39)36-4-6-37(7-5-36)24-13-8-14(27(30,31)32)18(19-15(28)9-16(29)20-21(19)34-25(40)33-20)23-22(13)38(26(41)35-24)12(10-42-2)11-43-23/h3,8-9,12H,1,4-7,10-11H2,2H3,(H2,33,34,40)/t12-/m0/s1. The number of rotatable bonds is 5. The number of carbonyl (C=O) groups is 1. The zero-order valence-corrected chi connectivity index (χ0v) is 23.3. The average Bonchev–Trinajstić information content (AvgIpc) is 3.36. The molecular formula is C27H23F5N6O4S. The number of piperazine rings is 1. The van der Waals surface area contributed by atoms with Gasteiger partial charge in [-0.1, -0.05) is 6.58 Å². The Balaban J connectivity index is 1.70. The fraction of sp³-hybridized carbons (Fsp3) is 0.333. The lowest BCUT2D eigenvalue weighted by Crippen LogP contribution is -2.49. The number of anilines is 1. The predicted octanol–water partition coefficient (Wildman–Crippen LogP) is 3.66. The third kappa shape index (κ3) is 4.68. The number of thioether (sulfide) groups is 1. The number of nitrogens with zero attached hydrogens (tertiary/aromatic N) is 4. The molecular weight excluding hydrogens is 599 g/mol. The van der Waals surface area contributed by atoms with E-state index in [4.69, 9.17) is 4.74 Å². The van der Waals surface area contributed by atoms with Crippen molar-refractivity contribution in [1.82, 2.24) is 24.4 Å². The van der Waals surface area contributed by atoms with E-state index in [1.54, 1.807) is 4.90 Å². The fourth-order valence-electron chi connectivity index (χ4n) is 5.76. The van der Waals surface area contributed by atoms with Gasteiger partial charge < -0.3 is 24.5 Å². The molecule has 6 rings (SSSR count). The number of hydrogen-bond acceptors (Lipinski definition) is 7. The van der Waals surface area contributed by atoms with E-state index in [9.17, 15) is 31.9 Å². The normalized spacial score (nSPS) is 17.2. The van der Waals surface area contributed by atoms with Crippen LogP contribution in [0.4, 0.5) is 27.8 Å². The van der Waals surface area contributed by atoms with Gasteiger partial charge >= 0.3 is 17.6 Å². The molecule has 2 aliphatic heterocycles. The lowest BCUT2D eigenvalue weighted by atomic mass is 9.94. The van der Waals surface area contributed by atoms with Gasteiger partial charge in [-0.3, -0.25) is 9.36 Å². The zero-order valence-electron chi connectivity index (χ0n) is 22.5. The van der Waals surface area contributed by atoms with Crippen LogP contribution in [0.15, 0.2) is 39.3 Å². The maximum Gasteiger partial charge on any atom is 0.417 e. The topological polar surface area (TPSA) is 116 Å². The second-order valence-electron chi connectivity index (χ2n) is 10.1. The monoisotopic (exact) mass is 622 g/mol. The molecule has 2 aromatic heterocycles. The van der Waals surface area contributed by atoms with Crippen molar-refractivity contribution in [3.05, 3.63) is 63.0 Å². The van der Waals surface area contributed by atoms with E-state index in [0.29, 0.717) is 6.07 Å². The first-order valence-corrected chi connectivity index (χ1v) is 14.0. The first-order chi connectivity index (χ1) is 20.4. The minimum Gasteiger partial charge on any atom is -0.383 e. The van der Waals surface area contributed by atoms with Crippen LogP contribution in [0.25, 0.3) is 33.1 Å². The highest BCUT2D eigenvalue weighted by Crippen LogP contribution is 2.51. The van der Waals surface area contributed by atoms with Gasteiger partial charge in [0.15, 0.2) is 5.82 Å². The summed E-state index contributed by atoms with van der Waals surface area (Å²) in [5.74, 6) is -2.72. The van der Waals surface area contributed by atoms with Gasteiger partial charge in [-0.15, -0.1) is 11.8 Å². The van der Waals surface area contributed by atoms with E-state index in [2.05, 4.69) is 21.5 Å². The van der Waals surface area contributed by atoms with E-state index in [1.807, 2.05) is 0 Å². The Bertz CT molecular complexity index is 1930. The SMILES string of the molecule is C=CC(=O)N1CCN(c2nc(=O)n3c4c(c(-c5c(F)cc(F)c6[nH]c(=O)[nH]c56)c(C(F)(F)F)cc24)SC[C@@H]3COC)CC1. The number of H-pyrrole nitrogens is 2. The van der Waals surface area contributed by atoms with E-state index in [1.165, 1.54) is 16.6 Å². The van der Waals surface area contributed by atoms with Crippen LogP contribution in [0.5, 0.6) is 0 Å². The summed E-state index contributed by atoms with van der Waals surface area (Å²) in [6.45, 7) is 4.30. The quantitative estimate of drug-likeness (QED) is 0.258. The third-order valence-electron chi connectivity index (χ3n) is 7.62. The molecule has 1 fully saturated rings. The number of benzene rings is 2. The van der Waals surface area contributed by atoms with Crippen molar-refractivity contribution in [2.75, 3.05) is 50.5 Å². The number of halogens is 5. The number of alkyl halides is 3. The molecule has 0 aliphatic carbocycles. The van der Waals surface area contributed by atoms with Crippen molar-refractivity contribution in [1.29, 1.82) is 0 Å². The van der Waals surface area contributed by atoms with Crippen molar-refractivity contribution in [2.45, 2.75) is 17.1 Å². The third-order valence-corrected chi connectivity index (χ3v) is 8.86. The van der Waals surface area contributed by atoms with Gasteiger partial charge in [0, 0.05) is 66.5 Å². The second-order valence-corrected chi connectivity index (χ2v) is 11.1. The summed E-state index contributed by atoms with van der Waals surface area (Å²) < 4.78 is 81.3. The number of ether oxygens (including phenoxy) is 1. The molecule has 1 amide bonds. The Kier molecular flexibility index (Phi) is 7.07. The Morgan fingerprint density at radius 1 is 1.12 bits per heavy atom. The van der Waals surface area contributed by atoms with E-state index >= 15 is 4.39 Å². The molecule has 10 nitrogen and oxygen atoms in total. The summed E-state index contributed by atoms with van der Waals surface area (Å²) in [7, 11) is 1.42. The van der Waals surface area contributed by atoms with E-state index < -0.39 is 63.0 Å². The van der Waals surface area contributed by atoms with Gasteiger partial charge in [0.25, 0.3) is 0 Å². The summed E-state index contributed by atoms with van der Waals surface area (Å²) in [6.07, 6.45) is -3.88. The number of imidazole rings is 1. The van der Waals surface area contributed by atoms with Gasteiger partial charge in [-0.2, -0.15) is 18.2 Å². The number of aromatic nitrogens is 4. The number of carbonyl (C=O) groups excluding carboxylic acids is 1. The maximum atomic E-state index is 15.6. The van der Waals surface area contributed by atoms with E-state index in [-0.39, 0.29) is 66.1 Å². The van der Waals surface area contributed by atoms with Crippen LogP contribution in [0.3, 0.4) is 0 Å². The highest BCUT2D eigenvalue weighted by molar-refractivity contribution is 7.99. The van der Waals surface area contributed by atoms with Crippen LogP contribution in [0, 0.1) is 11.6 Å². The molecule has 1 saturated heterocycles. The average molecular weight is 623 g/mol. The van der Waals surface area contributed by atoms with Crippen molar-refractivity contribution < 1.29 is 31.5 Å². The van der Waals surface area contributed by atoms with Crippen LogP contribution < -0.4 is 16.3 Å². The van der Waals surface area contributed by atoms with Gasteiger partial charge in [0.05, 0.1) is 29.2 Å². The number of fused-ring (bicyclic) bond motifs is 1. The maximum absolute atomic E-state index is 15.6. The Morgan fingerprint density at radius 3 is 2.47 bits per heavy atom. The summed E-state index contributed by atoms with van der Waals surface area (Å²) in [5, 5.41) is -0.0104. The number of methoxy groups -OCH3 is 1. The molecule has 1 atom stereocenters. The molecule has 2 N–H and O–H groups in total. The van der Waals surface area contributed by atoms with Crippen molar-refractivity contribution in [2.24, 2.45) is 0 Å². The number of hydrogen-bond donors (Lipinski definition) is 2. The lowest BCUT2D eigenvalue weighted by molar-refractivity contribution is -0.137. The summed E-state index contributed by atoms with van der Waals surface area (Å²) in [4.78, 5) is 49.4. The van der Waals surface area contributed by atoms with Crippen LogP contribution in [0.1, 0.15) is 11.6 Å². The Labute approximate surface area is 243 Å². The molecule has 0 radical (unpaired) electrons. The fourth-order valence-corrected chi connectivity index (χ4v) is 7.06. The van der Waals surface area contributed by atoms with Gasteiger partial charge in [0.1, 0.15) is 17.2 Å². The largest absolute Gasteiger partial charge is 0.417 e. The molecule has 2 aliphatic rings. The molecule has 43 heavy (non-hydrogen) atoms. The Hall–Kier alpha value is -4.18. The molecule has 0 unspecified atom stereocenters. The Morgan fingerprint density at radius 2 is 1.81 bits per heavy atom. The van der Waals surface area contributed by atoms with Gasteiger partial charge in [0.2, 0.25) is 5.91 Å². The molecule has 16 heteroatoms. The number of amides is 1. The summed E-state index contributed by atoms with van der Waals surface area (Å²) in [5.41, 5.74) is -5.12. The number of aromatic amines is 2. The van der Waals surface area contributed by atoms with Crippen LogP contribution in [0.2, 0.25) is 0 Å². The predicted molar refractivity (Wildman–Crippen MR) is 149 cm³/mol. The van der Waals surface area contributed by atoms with Crippen molar-refractivity contribution >= 4 is 45.4 Å². The number of nitrogens with one attached hydrogen (secondary N) is 2. The van der Waals surface area contributed by atoms with E-state index in [0.717, 1.165) is 23.9 Å². The molecule has 4 heterocycles. The molecule has 0 saturated carbocycles. The van der Waals surface area contributed by atoms with Crippen LogP contribution >= 0.6 is 11.8 Å². The van der Waals surface area contributed by atoms with Crippen LogP contribution in [-0.4, -0.2) is 76.0 Å². The van der Waals surface area contributed by atoms with Crippen molar-refractivity contribution in [3.8, 4) is 11.1 Å².